The minimum Gasteiger partial charge on any atom is -0.466 e. The Labute approximate surface area is 354 Å². The number of thioether (sulfide) groups is 1. The van der Waals surface area contributed by atoms with E-state index in [-0.39, 0.29) is 43.7 Å². The average molecular weight is 819 g/mol. The second-order valence-corrected chi connectivity index (χ2v) is 16.4. The zero-order chi connectivity index (χ0) is 41.7. The van der Waals surface area contributed by atoms with Crippen LogP contribution in [0.5, 0.6) is 0 Å². The number of likely N-dealkylation sites (N-methyl/N-ethyl adjacent to an activating group) is 1. The highest BCUT2D eigenvalue weighted by Crippen LogP contribution is 2.12. The highest BCUT2D eigenvalue weighted by molar-refractivity contribution is 7.99. The Morgan fingerprint density at radius 2 is 1.02 bits per heavy atom. The normalized spacial score (nSPS) is 12.0. The van der Waals surface area contributed by atoms with Crippen molar-refractivity contribution in [2.24, 2.45) is 0 Å². The van der Waals surface area contributed by atoms with E-state index in [2.05, 4.69) is 67.8 Å². The zero-order valence-corrected chi connectivity index (χ0v) is 37.7. The third-order valence-corrected chi connectivity index (χ3v) is 10.8. The van der Waals surface area contributed by atoms with Gasteiger partial charge in [0, 0.05) is 50.6 Å². The summed E-state index contributed by atoms with van der Waals surface area (Å²) in [6.07, 6.45) is 45.0. The summed E-state index contributed by atoms with van der Waals surface area (Å²) in [4.78, 5) is 39.6. The number of nitrogens with zero attached hydrogens (tertiary/aromatic N) is 1. The van der Waals surface area contributed by atoms with Gasteiger partial charge >= 0.3 is 11.9 Å². The van der Waals surface area contributed by atoms with E-state index in [1.807, 2.05) is 11.9 Å². The summed E-state index contributed by atoms with van der Waals surface area (Å²) < 4.78 is 11.1. The van der Waals surface area contributed by atoms with Crippen molar-refractivity contribution >= 4 is 29.6 Å². The number of unbranched alkanes of at least 4 members (excludes halogenated alkanes) is 16. The number of ether oxygens (including phenoxy) is 2. The fourth-order valence-corrected chi connectivity index (χ4v) is 7.02. The van der Waals surface area contributed by atoms with E-state index >= 15 is 0 Å². The van der Waals surface area contributed by atoms with E-state index < -0.39 is 0 Å². The van der Waals surface area contributed by atoms with Crippen molar-refractivity contribution in [1.29, 1.82) is 0 Å². The van der Waals surface area contributed by atoms with Gasteiger partial charge in [0.1, 0.15) is 0 Å². The first-order valence-corrected chi connectivity index (χ1v) is 24.2. The molecule has 0 unspecified atom stereocenters. The van der Waals surface area contributed by atoms with Crippen LogP contribution in [0.2, 0.25) is 0 Å². The first-order chi connectivity index (χ1) is 27.9. The Balaban J connectivity index is 4.29. The quantitative estimate of drug-likeness (QED) is 0.0356. The highest BCUT2D eigenvalue weighted by atomic mass is 32.2. The Morgan fingerprint density at radius 1 is 0.596 bits per heavy atom. The molecule has 330 valence electrons. The summed E-state index contributed by atoms with van der Waals surface area (Å²) in [6.45, 7) is 6.43. The van der Waals surface area contributed by atoms with Crippen molar-refractivity contribution in [3.8, 4) is 0 Å². The minimum atomic E-state index is -0.248. The number of esters is 2. The average Bonchev–Trinajstić information content (AvgIpc) is 3.19. The maximum absolute atomic E-state index is 12.7. The van der Waals surface area contributed by atoms with E-state index in [4.69, 9.17) is 14.6 Å². The molecule has 1 amide bonds. The lowest BCUT2D eigenvalue weighted by Crippen LogP contribution is -2.38. The summed E-state index contributed by atoms with van der Waals surface area (Å²) in [6, 6.07) is -0.248. The molecule has 0 rings (SSSR count). The molecule has 8 nitrogen and oxygen atoms in total. The van der Waals surface area contributed by atoms with Gasteiger partial charge in [-0.05, 0) is 84.1 Å². The Morgan fingerprint density at radius 3 is 1.46 bits per heavy atom. The minimum absolute atomic E-state index is 0.0808. The van der Waals surface area contributed by atoms with E-state index in [9.17, 15) is 14.4 Å². The second-order valence-electron chi connectivity index (χ2n) is 15.3. The third-order valence-electron chi connectivity index (χ3n) is 9.82. The van der Waals surface area contributed by atoms with Gasteiger partial charge in [0.2, 0.25) is 5.91 Å². The number of amides is 1. The van der Waals surface area contributed by atoms with Crippen LogP contribution in [0.4, 0.5) is 0 Å². The molecular weight excluding hydrogens is 733 g/mol. The van der Waals surface area contributed by atoms with Gasteiger partial charge in [0.05, 0.1) is 25.6 Å². The molecule has 0 aromatic carbocycles. The van der Waals surface area contributed by atoms with Gasteiger partial charge in [0.15, 0.2) is 0 Å². The van der Waals surface area contributed by atoms with Crippen LogP contribution in [-0.2, 0) is 23.9 Å². The molecule has 0 aliphatic carbocycles. The van der Waals surface area contributed by atoms with Gasteiger partial charge in [-0.1, -0.05) is 127 Å². The van der Waals surface area contributed by atoms with Crippen LogP contribution in [-0.4, -0.2) is 85.4 Å². The van der Waals surface area contributed by atoms with Crippen molar-refractivity contribution in [3.05, 3.63) is 48.6 Å². The molecule has 9 heteroatoms. The van der Waals surface area contributed by atoms with Gasteiger partial charge in [-0.3, -0.25) is 14.4 Å². The monoisotopic (exact) mass is 819 g/mol. The molecule has 0 bridgehead atoms. The van der Waals surface area contributed by atoms with Gasteiger partial charge in [-0.15, -0.1) is 0 Å². The van der Waals surface area contributed by atoms with E-state index in [0.717, 1.165) is 76.5 Å². The number of aliphatic hydroxyl groups excluding tert-OH is 1. The summed E-state index contributed by atoms with van der Waals surface area (Å²) in [7, 11) is 1.95. The molecule has 2 N–H and O–H groups in total. The van der Waals surface area contributed by atoms with Crippen LogP contribution in [0.25, 0.3) is 0 Å². The topological polar surface area (TPSA) is 105 Å². The first kappa shape index (κ1) is 54.6. The smallest absolute Gasteiger partial charge is 0.305 e. The predicted octanol–water partition coefficient (Wildman–Crippen LogP) is 11.6. The van der Waals surface area contributed by atoms with Crippen molar-refractivity contribution in [1.82, 2.24) is 10.2 Å². The fourth-order valence-electron chi connectivity index (χ4n) is 6.16. The molecule has 0 aliphatic rings. The SMILES string of the molecule is CCCCC/C=C\C/C=C\CCCCCCCC(=O)OCCC(CCOC(=O)CCCCCCC/C=C\C/C=C\CCCCC)NC(=O)CSCCN(C)CCO. The largest absolute Gasteiger partial charge is 0.466 e. The number of allylic oxidation sites excluding steroid dienone is 8. The van der Waals surface area contributed by atoms with Crippen LogP contribution in [0, 0.1) is 0 Å². The van der Waals surface area contributed by atoms with Gasteiger partial charge in [-0.2, -0.15) is 11.8 Å². The molecule has 0 atom stereocenters. The molecule has 0 fully saturated rings. The Bertz CT molecular complexity index is 982. The lowest BCUT2D eigenvalue weighted by Gasteiger charge is -2.19. The summed E-state index contributed by atoms with van der Waals surface area (Å²) in [5, 5.41) is 12.1. The molecule has 0 aromatic heterocycles. The van der Waals surface area contributed by atoms with Crippen LogP contribution < -0.4 is 5.32 Å². The van der Waals surface area contributed by atoms with Crippen molar-refractivity contribution in [2.45, 2.75) is 187 Å². The van der Waals surface area contributed by atoms with Crippen LogP contribution in [0.15, 0.2) is 48.6 Å². The number of rotatable bonds is 42. The van der Waals surface area contributed by atoms with Gasteiger partial charge in [-0.25, -0.2) is 0 Å². The molecule has 0 saturated heterocycles. The summed E-state index contributed by atoms with van der Waals surface area (Å²) in [5.41, 5.74) is 0. The lowest BCUT2D eigenvalue weighted by molar-refractivity contribution is -0.144. The predicted molar refractivity (Wildman–Crippen MR) is 244 cm³/mol. The first-order valence-electron chi connectivity index (χ1n) is 23.0. The maximum Gasteiger partial charge on any atom is 0.305 e. The van der Waals surface area contributed by atoms with E-state index in [0.29, 0.717) is 38.0 Å². The molecule has 0 saturated carbocycles. The number of carbonyl (C=O) groups excluding carboxylic acids is 3. The number of carbonyl (C=O) groups is 3. The second kappa shape index (κ2) is 44.7. The van der Waals surface area contributed by atoms with Crippen molar-refractivity contribution in [2.75, 3.05) is 51.5 Å². The number of hydrogen-bond donors (Lipinski definition) is 2. The number of hydrogen-bond acceptors (Lipinski definition) is 8. The van der Waals surface area contributed by atoms with Gasteiger partial charge < -0.3 is 24.8 Å². The van der Waals surface area contributed by atoms with Crippen molar-refractivity contribution < 1.29 is 29.0 Å². The zero-order valence-electron chi connectivity index (χ0n) is 36.9. The highest BCUT2D eigenvalue weighted by Gasteiger charge is 2.15. The summed E-state index contributed by atoms with van der Waals surface area (Å²) >= 11 is 1.54. The Kier molecular flexibility index (Phi) is 42.9. The van der Waals surface area contributed by atoms with Crippen LogP contribution in [0.1, 0.15) is 181 Å². The summed E-state index contributed by atoms with van der Waals surface area (Å²) in [5.74, 6) is 0.631. The molecule has 0 spiro atoms. The fraction of sp³-hybridized carbons (Fsp3) is 0.771. The van der Waals surface area contributed by atoms with Crippen molar-refractivity contribution in [3.63, 3.8) is 0 Å². The number of nitrogens with one attached hydrogen (secondary N) is 1. The van der Waals surface area contributed by atoms with Crippen LogP contribution in [0.3, 0.4) is 0 Å². The van der Waals surface area contributed by atoms with Crippen LogP contribution >= 0.6 is 11.8 Å². The van der Waals surface area contributed by atoms with Gasteiger partial charge in [0.25, 0.3) is 0 Å². The molecule has 0 aromatic rings. The third kappa shape index (κ3) is 43.1. The van der Waals surface area contributed by atoms with E-state index in [1.54, 1.807) is 11.8 Å². The molecule has 0 heterocycles. The molecule has 0 aliphatic heterocycles. The molecular formula is C48H86N2O6S. The Hall–Kier alpha value is -2.36. The lowest BCUT2D eigenvalue weighted by atomic mass is 10.1. The van der Waals surface area contributed by atoms with E-state index in [1.165, 1.54) is 77.0 Å². The number of aliphatic hydroxyl groups is 1. The molecule has 0 radical (unpaired) electrons. The maximum atomic E-state index is 12.7. The standard InChI is InChI=1S/C48H86N2O6S/c1-4-6-8-10-12-14-16-18-20-22-24-26-28-30-32-34-47(53)55-41-36-45(49-46(52)44-57-43-39-50(3)38-40-51)37-42-56-48(54)35-33-31-29-27-25-23-21-19-17-15-13-11-9-7-5-2/h12-15,18-21,45,51H,4-11,16-17,22-44H2,1-3H3,(H,49,52)/b14-12-,15-13-,20-18-,21-19-. The molecule has 57 heavy (non-hydrogen) atoms.